The summed E-state index contributed by atoms with van der Waals surface area (Å²) in [5, 5.41) is 0.736. The molecule has 1 heterocycles. The molecule has 0 radical (unpaired) electrons. The third-order valence-corrected chi connectivity index (χ3v) is 4.87. The molecular weight excluding hydrogens is 396 g/mol. The van der Waals surface area contributed by atoms with Crippen molar-refractivity contribution < 1.29 is 13.6 Å². The average Bonchev–Trinajstić information content (AvgIpc) is 2.95. The first-order valence-corrected chi connectivity index (χ1v) is 9.27. The summed E-state index contributed by atoms with van der Waals surface area (Å²) in [5.74, 6) is -0.665. The molecule has 156 valence electrons. The molecule has 1 N–H and O–H groups in total. The van der Waals surface area contributed by atoms with E-state index in [1.54, 1.807) is 23.1 Å². The van der Waals surface area contributed by atoms with Crippen LogP contribution in [-0.2, 0) is 17.8 Å². The minimum Gasteiger partial charge on any atom is -0.358 e. The van der Waals surface area contributed by atoms with E-state index in [9.17, 15) is 13.6 Å². The van der Waals surface area contributed by atoms with Gasteiger partial charge in [0, 0.05) is 36.2 Å². The Labute approximate surface area is 175 Å². The van der Waals surface area contributed by atoms with Crippen molar-refractivity contribution in [1.29, 1.82) is 0 Å². The van der Waals surface area contributed by atoms with Crippen LogP contribution in [0.25, 0.3) is 10.9 Å². The first-order chi connectivity index (χ1) is 13.3. The maximum atomic E-state index is 13.7. The van der Waals surface area contributed by atoms with Crippen molar-refractivity contribution in [3.05, 3.63) is 70.9 Å². The summed E-state index contributed by atoms with van der Waals surface area (Å²) in [5.41, 5.74) is 3.37. The van der Waals surface area contributed by atoms with Gasteiger partial charge in [0.15, 0.2) is 0 Å². The summed E-state index contributed by atoms with van der Waals surface area (Å²) >= 11 is 0. The number of hydrogen-bond donors (Lipinski definition) is 1. The standard InChI is InChI=1S/C22H25F2N3O.ClH/c1-15-19(20-12-18(24)8-9-21(20)25-15)13-22(28)27(11-10-26(2)3)14-16-4-6-17(23)7-5-16;/h4-9,12,25H,10-11,13-14H2,1-3H3;1H. The third-order valence-electron chi connectivity index (χ3n) is 4.87. The van der Waals surface area contributed by atoms with Crippen LogP contribution in [0.4, 0.5) is 8.78 Å². The summed E-state index contributed by atoms with van der Waals surface area (Å²) in [4.78, 5) is 20.1. The van der Waals surface area contributed by atoms with Crippen molar-refractivity contribution in [3.8, 4) is 0 Å². The number of rotatable bonds is 7. The molecule has 0 unspecified atom stereocenters. The number of H-pyrrole nitrogens is 1. The second-order valence-corrected chi connectivity index (χ2v) is 7.34. The maximum absolute atomic E-state index is 13.7. The fourth-order valence-corrected chi connectivity index (χ4v) is 3.27. The first kappa shape index (κ1) is 22.8. The van der Waals surface area contributed by atoms with E-state index in [1.807, 2.05) is 25.9 Å². The first-order valence-electron chi connectivity index (χ1n) is 9.27. The van der Waals surface area contributed by atoms with Gasteiger partial charge in [-0.3, -0.25) is 4.79 Å². The zero-order valence-corrected chi connectivity index (χ0v) is 17.7. The molecule has 7 heteroatoms. The summed E-state index contributed by atoms with van der Waals surface area (Å²) in [6.07, 6.45) is 0.184. The Hall–Kier alpha value is -2.44. The van der Waals surface area contributed by atoms with Gasteiger partial charge in [-0.15, -0.1) is 12.4 Å². The molecule has 0 spiro atoms. The molecule has 1 aromatic heterocycles. The molecule has 0 aliphatic heterocycles. The molecule has 0 saturated heterocycles. The highest BCUT2D eigenvalue weighted by atomic mass is 35.5. The largest absolute Gasteiger partial charge is 0.358 e. The Morgan fingerprint density at radius 1 is 1.00 bits per heavy atom. The monoisotopic (exact) mass is 421 g/mol. The Bertz CT molecular complexity index is 970. The number of fused-ring (bicyclic) bond motifs is 1. The molecule has 0 bridgehead atoms. The Morgan fingerprint density at radius 3 is 2.31 bits per heavy atom. The second-order valence-electron chi connectivity index (χ2n) is 7.34. The maximum Gasteiger partial charge on any atom is 0.227 e. The van der Waals surface area contributed by atoms with Crippen LogP contribution < -0.4 is 0 Å². The Kier molecular flexibility index (Phi) is 7.76. The van der Waals surface area contributed by atoms with Crippen molar-refractivity contribution in [2.75, 3.05) is 27.2 Å². The molecule has 4 nitrogen and oxygen atoms in total. The van der Waals surface area contributed by atoms with Crippen molar-refractivity contribution >= 4 is 29.2 Å². The van der Waals surface area contributed by atoms with E-state index in [0.29, 0.717) is 19.6 Å². The topological polar surface area (TPSA) is 39.3 Å². The van der Waals surface area contributed by atoms with Gasteiger partial charge in [-0.05, 0) is 62.5 Å². The van der Waals surface area contributed by atoms with Crippen LogP contribution in [0.1, 0.15) is 16.8 Å². The summed E-state index contributed by atoms with van der Waals surface area (Å²) in [6, 6.07) is 10.7. The number of carbonyl (C=O) groups excluding carboxylic acids is 1. The van der Waals surface area contributed by atoms with E-state index in [1.165, 1.54) is 24.3 Å². The zero-order valence-electron chi connectivity index (χ0n) is 16.8. The summed E-state index contributed by atoms with van der Waals surface area (Å²) in [7, 11) is 3.90. The lowest BCUT2D eigenvalue weighted by Gasteiger charge is -2.25. The van der Waals surface area contributed by atoms with Crippen molar-refractivity contribution in [1.82, 2.24) is 14.8 Å². The predicted molar refractivity (Wildman–Crippen MR) is 114 cm³/mol. The highest BCUT2D eigenvalue weighted by Gasteiger charge is 2.19. The van der Waals surface area contributed by atoms with Crippen LogP contribution in [0.15, 0.2) is 42.5 Å². The number of nitrogens with one attached hydrogen (secondary N) is 1. The minimum atomic E-state index is -0.323. The molecule has 0 aliphatic rings. The number of amides is 1. The fourth-order valence-electron chi connectivity index (χ4n) is 3.27. The molecule has 0 aliphatic carbocycles. The lowest BCUT2D eigenvalue weighted by Crippen LogP contribution is -2.37. The number of likely N-dealkylation sites (N-methyl/N-ethyl adjacent to an activating group) is 1. The molecule has 0 saturated carbocycles. The molecule has 0 atom stereocenters. The SMILES string of the molecule is Cc1[nH]c2ccc(F)cc2c1CC(=O)N(CCN(C)C)Cc1ccc(F)cc1.Cl. The number of carbonyl (C=O) groups is 1. The van der Waals surface area contributed by atoms with E-state index >= 15 is 0 Å². The molecule has 0 fully saturated rings. The van der Waals surface area contributed by atoms with Gasteiger partial charge in [-0.2, -0.15) is 0 Å². The van der Waals surface area contributed by atoms with Gasteiger partial charge in [0.25, 0.3) is 0 Å². The molecule has 2 aromatic carbocycles. The number of halogens is 3. The minimum absolute atomic E-state index is 0. The van der Waals surface area contributed by atoms with Crippen LogP contribution in [0, 0.1) is 18.6 Å². The van der Waals surface area contributed by atoms with Crippen LogP contribution in [0.2, 0.25) is 0 Å². The van der Waals surface area contributed by atoms with Gasteiger partial charge in [0.05, 0.1) is 6.42 Å². The van der Waals surface area contributed by atoms with E-state index < -0.39 is 0 Å². The van der Waals surface area contributed by atoms with Gasteiger partial charge in [0.1, 0.15) is 11.6 Å². The molecule has 3 aromatic rings. The number of nitrogens with zero attached hydrogens (tertiary/aromatic N) is 2. The van der Waals surface area contributed by atoms with E-state index in [2.05, 4.69) is 4.98 Å². The van der Waals surface area contributed by atoms with E-state index in [4.69, 9.17) is 0 Å². The van der Waals surface area contributed by atoms with E-state index in [0.717, 1.165) is 27.7 Å². The highest BCUT2D eigenvalue weighted by molar-refractivity contribution is 5.90. The smallest absolute Gasteiger partial charge is 0.227 e. The van der Waals surface area contributed by atoms with Crippen LogP contribution >= 0.6 is 12.4 Å². The van der Waals surface area contributed by atoms with Crippen LogP contribution in [0.3, 0.4) is 0 Å². The normalized spacial score (nSPS) is 11.0. The highest BCUT2D eigenvalue weighted by Crippen LogP contribution is 2.24. The summed E-state index contributed by atoms with van der Waals surface area (Å²) < 4.78 is 26.9. The molecular formula is C22H26ClF2N3O. The predicted octanol–water partition coefficient (Wildman–Crippen LogP) is 4.31. The van der Waals surface area contributed by atoms with Gasteiger partial charge >= 0.3 is 0 Å². The van der Waals surface area contributed by atoms with Crippen molar-refractivity contribution in [2.24, 2.45) is 0 Å². The summed E-state index contributed by atoms with van der Waals surface area (Å²) in [6.45, 7) is 3.57. The van der Waals surface area contributed by atoms with Gasteiger partial charge in [-0.25, -0.2) is 8.78 Å². The quantitative estimate of drug-likeness (QED) is 0.617. The van der Waals surface area contributed by atoms with Crippen LogP contribution in [0.5, 0.6) is 0 Å². The van der Waals surface area contributed by atoms with Crippen molar-refractivity contribution in [2.45, 2.75) is 19.9 Å². The number of hydrogen-bond acceptors (Lipinski definition) is 2. The van der Waals surface area contributed by atoms with Gasteiger partial charge in [0.2, 0.25) is 5.91 Å². The molecule has 3 rings (SSSR count). The average molecular weight is 422 g/mol. The Morgan fingerprint density at radius 2 is 1.66 bits per heavy atom. The van der Waals surface area contributed by atoms with Crippen molar-refractivity contribution in [3.63, 3.8) is 0 Å². The lowest BCUT2D eigenvalue weighted by atomic mass is 10.1. The third kappa shape index (κ3) is 5.78. The second kappa shape index (κ2) is 9.85. The number of aromatic nitrogens is 1. The lowest BCUT2D eigenvalue weighted by molar-refractivity contribution is -0.131. The van der Waals surface area contributed by atoms with E-state index in [-0.39, 0.29) is 36.4 Å². The molecule has 29 heavy (non-hydrogen) atoms. The van der Waals surface area contributed by atoms with Gasteiger partial charge in [-0.1, -0.05) is 12.1 Å². The van der Waals surface area contributed by atoms with Gasteiger partial charge < -0.3 is 14.8 Å². The van der Waals surface area contributed by atoms with Crippen LogP contribution in [-0.4, -0.2) is 47.9 Å². The number of aromatic amines is 1. The zero-order chi connectivity index (χ0) is 20.3. The fraction of sp³-hybridized carbons (Fsp3) is 0.318. The Balaban J connectivity index is 0.00000300. The number of aryl methyl sites for hydroxylation is 1. The number of benzene rings is 2. The molecule has 1 amide bonds.